The van der Waals surface area contributed by atoms with Crippen molar-refractivity contribution < 1.29 is 9.94 Å². The van der Waals surface area contributed by atoms with Crippen molar-refractivity contribution in [2.45, 2.75) is 123 Å². The summed E-state index contributed by atoms with van der Waals surface area (Å²) in [5.41, 5.74) is 0. The van der Waals surface area contributed by atoms with Crippen molar-refractivity contribution in [3.8, 4) is 0 Å². The third-order valence-electron chi connectivity index (χ3n) is 5.58. The summed E-state index contributed by atoms with van der Waals surface area (Å²) in [6.45, 7) is 6.27. The fourth-order valence-electron chi connectivity index (χ4n) is 3.91. The average molecular weight is 383 g/mol. The Morgan fingerprint density at radius 2 is 1.30 bits per heavy atom. The van der Waals surface area contributed by atoms with Gasteiger partial charge in [-0.1, -0.05) is 103 Å². The summed E-state index contributed by atoms with van der Waals surface area (Å²) in [7, 11) is 0. The number of unbranched alkanes of at least 4 members (excludes halogenated alkanes) is 14. The van der Waals surface area contributed by atoms with E-state index in [9.17, 15) is 5.21 Å². The Hall–Kier alpha value is -0.610. The van der Waals surface area contributed by atoms with Gasteiger partial charge in [0.25, 0.3) is 0 Å². The monoisotopic (exact) mass is 382 g/mol. The molecule has 0 spiro atoms. The Morgan fingerprint density at radius 3 is 1.70 bits per heavy atom. The van der Waals surface area contributed by atoms with E-state index in [-0.39, 0.29) is 6.10 Å². The molecule has 1 aliphatic heterocycles. The van der Waals surface area contributed by atoms with Crippen LogP contribution < -0.4 is 0 Å². The van der Waals surface area contributed by atoms with Crippen molar-refractivity contribution in [2.75, 3.05) is 19.7 Å². The second-order valence-corrected chi connectivity index (χ2v) is 8.05. The van der Waals surface area contributed by atoms with Crippen LogP contribution in [0.4, 0.5) is 0 Å². The number of amidine groups is 1. The fourth-order valence-corrected chi connectivity index (χ4v) is 3.91. The van der Waals surface area contributed by atoms with Gasteiger partial charge in [-0.05, 0) is 13.3 Å². The van der Waals surface area contributed by atoms with Gasteiger partial charge in [0.15, 0.2) is 5.84 Å². The number of aliphatic imine (C=N–C) groups is 1. The van der Waals surface area contributed by atoms with Crippen LogP contribution in [-0.4, -0.2) is 41.9 Å². The predicted octanol–water partition coefficient (Wildman–Crippen LogP) is 6.76. The molecule has 160 valence electrons. The SMILES string of the molecule is CCCCCCCCCCCCCCCCCC(OCC)C1=NCCN1O. The van der Waals surface area contributed by atoms with Gasteiger partial charge >= 0.3 is 0 Å². The molecule has 0 fully saturated rings. The minimum Gasteiger partial charge on any atom is -0.371 e. The Kier molecular flexibility index (Phi) is 15.8. The van der Waals surface area contributed by atoms with Gasteiger partial charge in [0, 0.05) is 6.61 Å². The first-order valence-electron chi connectivity index (χ1n) is 11.9. The first-order valence-corrected chi connectivity index (χ1v) is 11.9. The molecule has 0 aliphatic carbocycles. The maximum absolute atomic E-state index is 9.83. The molecular weight excluding hydrogens is 336 g/mol. The first kappa shape index (κ1) is 24.4. The highest BCUT2D eigenvalue weighted by Crippen LogP contribution is 2.16. The Labute approximate surface area is 168 Å². The molecule has 4 nitrogen and oxygen atoms in total. The molecular formula is C23H46N2O2. The topological polar surface area (TPSA) is 45.1 Å². The second-order valence-electron chi connectivity index (χ2n) is 8.05. The summed E-state index contributed by atoms with van der Waals surface area (Å²) in [5.74, 6) is 0.738. The summed E-state index contributed by atoms with van der Waals surface area (Å²) in [6, 6.07) is 0. The molecule has 1 heterocycles. The average Bonchev–Trinajstić information content (AvgIpc) is 3.10. The number of nitrogens with zero attached hydrogens (tertiary/aromatic N) is 2. The normalized spacial score (nSPS) is 15.4. The zero-order valence-corrected chi connectivity index (χ0v) is 18.3. The van der Waals surface area contributed by atoms with Crippen LogP contribution in [-0.2, 0) is 4.74 Å². The second kappa shape index (κ2) is 17.5. The molecule has 0 saturated heterocycles. The third kappa shape index (κ3) is 12.5. The lowest BCUT2D eigenvalue weighted by Crippen LogP contribution is -2.35. The van der Waals surface area contributed by atoms with E-state index in [1.807, 2.05) is 6.92 Å². The van der Waals surface area contributed by atoms with Gasteiger partial charge in [0.1, 0.15) is 6.10 Å². The van der Waals surface area contributed by atoms with Crippen LogP contribution in [0.15, 0.2) is 4.99 Å². The highest BCUT2D eigenvalue weighted by molar-refractivity contribution is 5.86. The maximum atomic E-state index is 9.83. The number of hydrogen-bond acceptors (Lipinski definition) is 4. The van der Waals surface area contributed by atoms with Gasteiger partial charge in [-0.3, -0.25) is 10.2 Å². The number of ether oxygens (including phenoxy) is 1. The molecule has 0 amide bonds. The fraction of sp³-hybridized carbons (Fsp3) is 0.957. The number of hydroxylamine groups is 2. The van der Waals surface area contributed by atoms with Crippen molar-refractivity contribution in [3.63, 3.8) is 0 Å². The Morgan fingerprint density at radius 1 is 0.815 bits per heavy atom. The van der Waals surface area contributed by atoms with E-state index in [1.54, 1.807) is 0 Å². The quantitative estimate of drug-likeness (QED) is 0.251. The largest absolute Gasteiger partial charge is 0.371 e. The maximum Gasteiger partial charge on any atom is 0.153 e. The van der Waals surface area contributed by atoms with E-state index in [0.29, 0.717) is 19.7 Å². The van der Waals surface area contributed by atoms with Gasteiger partial charge in [-0.15, -0.1) is 0 Å². The van der Waals surface area contributed by atoms with Gasteiger partial charge in [0.05, 0.1) is 13.1 Å². The van der Waals surface area contributed by atoms with Crippen LogP contribution in [0.1, 0.15) is 117 Å². The van der Waals surface area contributed by atoms with E-state index in [4.69, 9.17) is 4.74 Å². The zero-order valence-electron chi connectivity index (χ0n) is 18.3. The lowest BCUT2D eigenvalue weighted by Gasteiger charge is -2.21. The van der Waals surface area contributed by atoms with Crippen molar-refractivity contribution in [3.05, 3.63) is 0 Å². The molecule has 1 unspecified atom stereocenters. The van der Waals surface area contributed by atoms with Gasteiger partial charge in [0.2, 0.25) is 0 Å². The summed E-state index contributed by atoms with van der Waals surface area (Å²) in [5, 5.41) is 11.1. The van der Waals surface area contributed by atoms with Crippen LogP contribution in [0.25, 0.3) is 0 Å². The summed E-state index contributed by atoms with van der Waals surface area (Å²) < 4.78 is 5.78. The standard InChI is InChI=1S/C23H46N2O2/c1-3-5-6-7-8-9-10-11-12-13-14-15-16-17-18-19-22(27-4-2)23-24-20-21-25(23)26/h22,26H,3-21H2,1-2H3. The predicted molar refractivity (Wildman–Crippen MR) is 116 cm³/mol. The van der Waals surface area contributed by atoms with Gasteiger partial charge in [-0.25, -0.2) is 5.06 Å². The molecule has 1 rings (SSSR count). The molecule has 0 saturated carbocycles. The van der Waals surface area contributed by atoms with E-state index in [1.165, 1.54) is 95.0 Å². The Bertz CT molecular complexity index is 360. The van der Waals surface area contributed by atoms with Crippen LogP contribution in [0.2, 0.25) is 0 Å². The van der Waals surface area contributed by atoms with Crippen molar-refractivity contribution in [1.29, 1.82) is 0 Å². The number of rotatable bonds is 19. The van der Waals surface area contributed by atoms with Crippen LogP contribution in [0.3, 0.4) is 0 Å². The van der Waals surface area contributed by atoms with Gasteiger partial charge < -0.3 is 4.74 Å². The molecule has 1 N–H and O–H groups in total. The Balaban J connectivity index is 1.87. The molecule has 0 bridgehead atoms. The molecule has 4 heteroatoms. The number of hydrogen-bond donors (Lipinski definition) is 1. The zero-order chi connectivity index (χ0) is 19.6. The molecule has 0 aromatic carbocycles. The summed E-state index contributed by atoms with van der Waals surface area (Å²) in [4.78, 5) is 4.39. The lowest BCUT2D eigenvalue weighted by atomic mass is 10.0. The molecule has 27 heavy (non-hydrogen) atoms. The third-order valence-corrected chi connectivity index (χ3v) is 5.58. The minimum absolute atomic E-state index is 0.0236. The van der Waals surface area contributed by atoms with E-state index in [2.05, 4.69) is 11.9 Å². The van der Waals surface area contributed by atoms with Crippen molar-refractivity contribution >= 4 is 5.84 Å². The smallest absolute Gasteiger partial charge is 0.153 e. The molecule has 0 aromatic rings. The van der Waals surface area contributed by atoms with Gasteiger partial charge in [-0.2, -0.15) is 0 Å². The van der Waals surface area contributed by atoms with Crippen LogP contribution in [0, 0.1) is 0 Å². The summed E-state index contributed by atoms with van der Waals surface area (Å²) in [6.07, 6.45) is 21.7. The van der Waals surface area contributed by atoms with Crippen molar-refractivity contribution in [1.82, 2.24) is 5.06 Å². The van der Waals surface area contributed by atoms with Crippen LogP contribution >= 0.6 is 0 Å². The highest BCUT2D eigenvalue weighted by atomic mass is 16.5. The molecule has 1 aliphatic rings. The first-order chi connectivity index (χ1) is 13.3. The molecule has 1 atom stereocenters. The van der Waals surface area contributed by atoms with Crippen LogP contribution in [0.5, 0.6) is 0 Å². The molecule has 0 radical (unpaired) electrons. The van der Waals surface area contributed by atoms with E-state index in [0.717, 1.165) is 18.7 Å². The van der Waals surface area contributed by atoms with E-state index >= 15 is 0 Å². The lowest BCUT2D eigenvalue weighted by molar-refractivity contribution is -0.0213. The van der Waals surface area contributed by atoms with Crippen molar-refractivity contribution in [2.24, 2.45) is 4.99 Å². The highest BCUT2D eigenvalue weighted by Gasteiger charge is 2.24. The summed E-state index contributed by atoms with van der Waals surface area (Å²) >= 11 is 0. The van der Waals surface area contributed by atoms with E-state index < -0.39 is 0 Å². The minimum atomic E-state index is -0.0236. The molecule has 0 aromatic heterocycles.